The molecule has 0 aliphatic carbocycles. The summed E-state index contributed by atoms with van der Waals surface area (Å²) in [6.45, 7) is 0.866. The molecular weight excluding hydrogens is 430 g/mol. The number of nitro benzene ring substituents is 1. The SMILES string of the molecule is O=C(NNC(=O)C1(c2ccc(Br)cc2)CCOCC1)c1cccc([N+](=O)[O-])c1. The zero-order valence-corrected chi connectivity index (χ0v) is 16.4. The molecule has 0 radical (unpaired) electrons. The highest BCUT2D eigenvalue weighted by atomic mass is 79.9. The van der Waals surface area contributed by atoms with Crippen molar-refractivity contribution in [1.29, 1.82) is 0 Å². The Balaban J connectivity index is 1.75. The summed E-state index contributed by atoms with van der Waals surface area (Å²) >= 11 is 3.39. The van der Waals surface area contributed by atoms with Gasteiger partial charge in [0.15, 0.2) is 0 Å². The number of nitrogens with zero attached hydrogens (tertiary/aromatic N) is 1. The first-order valence-electron chi connectivity index (χ1n) is 8.61. The molecule has 1 aliphatic heterocycles. The van der Waals surface area contributed by atoms with E-state index in [4.69, 9.17) is 4.74 Å². The maximum atomic E-state index is 13.0. The summed E-state index contributed by atoms with van der Waals surface area (Å²) in [5, 5.41) is 10.9. The van der Waals surface area contributed by atoms with Gasteiger partial charge in [-0.1, -0.05) is 34.1 Å². The van der Waals surface area contributed by atoms with E-state index in [9.17, 15) is 19.7 Å². The Morgan fingerprint density at radius 3 is 2.39 bits per heavy atom. The first-order valence-corrected chi connectivity index (χ1v) is 9.41. The molecule has 1 aliphatic rings. The number of nitrogens with one attached hydrogen (secondary N) is 2. The molecule has 1 saturated heterocycles. The molecule has 8 nitrogen and oxygen atoms in total. The van der Waals surface area contributed by atoms with Crippen molar-refractivity contribution in [3.63, 3.8) is 0 Å². The quantitative estimate of drug-likeness (QED) is 0.552. The van der Waals surface area contributed by atoms with Gasteiger partial charge in [0.1, 0.15) is 0 Å². The van der Waals surface area contributed by atoms with Crippen LogP contribution < -0.4 is 10.9 Å². The molecule has 28 heavy (non-hydrogen) atoms. The Morgan fingerprint density at radius 2 is 1.75 bits per heavy atom. The van der Waals surface area contributed by atoms with Crippen molar-refractivity contribution in [2.24, 2.45) is 0 Å². The molecule has 0 aromatic heterocycles. The predicted octanol–water partition coefficient (Wildman–Crippen LogP) is 2.87. The first-order chi connectivity index (χ1) is 13.4. The zero-order valence-electron chi connectivity index (χ0n) is 14.8. The number of non-ortho nitro benzene ring substituents is 1. The third-order valence-electron chi connectivity index (χ3n) is 4.79. The monoisotopic (exact) mass is 447 g/mol. The second kappa shape index (κ2) is 8.49. The zero-order chi connectivity index (χ0) is 20.1. The van der Waals surface area contributed by atoms with Crippen LogP contribution in [0.5, 0.6) is 0 Å². The van der Waals surface area contributed by atoms with Crippen LogP contribution in [0.2, 0.25) is 0 Å². The van der Waals surface area contributed by atoms with Gasteiger partial charge in [0, 0.05) is 35.4 Å². The van der Waals surface area contributed by atoms with Gasteiger partial charge < -0.3 is 4.74 Å². The molecule has 0 saturated carbocycles. The van der Waals surface area contributed by atoms with Gasteiger partial charge in [0.05, 0.1) is 10.3 Å². The van der Waals surface area contributed by atoms with Crippen molar-refractivity contribution in [2.75, 3.05) is 13.2 Å². The molecular formula is C19H18BrN3O5. The van der Waals surface area contributed by atoms with Gasteiger partial charge in [0.2, 0.25) is 5.91 Å². The highest BCUT2D eigenvalue weighted by molar-refractivity contribution is 9.10. The molecule has 0 unspecified atom stereocenters. The summed E-state index contributed by atoms with van der Waals surface area (Å²) in [6, 6.07) is 12.8. The lowest BCUT2D eigenvalue weighted by Gasteiger charge is -2.36. The number of ether oxygens (including phenoxy) is 1. The standard InChI is InChI=1S/C19H18BrN3O5/c20-15-6-4-14(5-7-15)19(8-10-28-11-9-19)18(25)22-21-17(24)13-2-1-3-16(12-13)23(26)27/h1-7,12H,8-11H2,(H,21,24)(H,22,25). The molecule has 2 aromatic carbocycles. The summed E-state index contributed by atoms with van der Waals surface area (Å²) in [4.78, 5) is 35.6. The van der Waals surface area contributed by atoms with Crippen LogP contribution in [0, 0.1) is 10.1 Å². The van der Waals surface area contributed by atoms with Gasteiger partial charge in [-0.05, 0) is 36.6 Å². The van der Waals surface area contributed by atoms with Crippen LogP contribution in [-0.4, -0.2) is 30.0 Å². The number of rotatable bonds is 4. The molecule has 3 rings (SSSR count). The molecule has 0 spiro atoms. The number of benzene rings is 2. The van der Waals surface area contributed by atoms with Crippen LogP contribution in [0.3, 0.4) is 0 Å². The number of hydrazine groups is 1. The van der Waals surface area contributed by atoms with Gasteiger partial charge in [0.25, 0.3) is 11.6 Å². The number of carbonyl (C=O) groups excluding carboxylic acids is 2. The number of hydrogen-bond acceptors (Lipinski definition) is 5. The van der Waals surface area contributed by atoms with E-state index in [1.807, 2.05) is 24.3 Å². The fourth-order valence-electron chi connectivity index (χ4n) is 3.20. The molecule has 9 heteroatoms. The molecule has 2 N–H and O–H groups in total. The molecule has 0 bridgehead atoms. The second-order valence-electron chi connectivity index (χ2n) is 6.42. The van der Waals surface area contributed by atoms with E-state index in [1.165, 1.54) is 18.2 Å². The lowest BCUT2D eigenvalue weighted by Crippen LogP contribution is -2.53. The van der Waals surface area contributed by atoms with E-state index in [2.05, 4.69) is 26.8 Å². The van der Waals surface area contributed by atoms with Gasteiger partial charge in [-0.2, -0.15) is 0 Å². The maximum Gasteiger partial charge on any atom is 0.270 e. The summed E-state index contributed by atoms with van der Waals surface area (Å²) in [5.74, 6) is -0.980. The Kier molecular flexibility index (Phi) is 6.05. The van der Waals surface area contributed by atoms with E-state index in [0.717, 1.165) is 16.1 Å². The lowest BCUT2D eigenvalue weighted by molar-refractivity contribution is -0.384. The second-order valence-corrected chi connectivity index (χ2v) is 7.33. The van der Waals surface area contributed by atoms with Crippen LogP contribution in [0.25, 0.3) is 0 Å². The topological polar surface area (TPSA) is 111 Å². The molecule has 0 atom stereocenters. The summed E-state index contributed by atoms with van der Waals surface area (Å²) in [7, 11) is 0. The van der Waals surface area contributed by atoms with E-state index in [-0.39, 0.29) is 17.2 Å². The van der Waals surface area contributed by atoms with Crippen LogP contribution in [0.4, 0.5) is 5.69 Å². The highest BCUT2D eigenvalue weighted by Gasteiger charge is 2.42. The van der Waals surface area contributed by atoms with E-state index in [0.29, 0.717) is 26.1 Å². The number of halogens is 1. The van der Waals surface area contributed by atoms with Crippen molar-refractivity contribution in [3.8, 4) is 0 Å². The number of hydrogen-bond donors (Lipinski definition) is 2. The number of carbonyl (C=O) groups is 2. The van der Waals surface area contributed by atoms with Crippen molar-refractivity contribution in [2.45, 2.75) is 18.3 Å². The van der Waals surface area contributed by atoms with E-state index < -0.39 is 16.2 Å². The van der Waals surface area contributed by atoms with Crippen LogP contribution in [0.15, 0.2) is 53.0 Å². The minimum atomic E-state index is -0.824. The molecule has 1 heterocycles. The van der Waals surface area contributed by atoms with Crippen molar-refractivity contribution in [3.05, 3.63) is 74.2 Å². The smallest absolute Gasteiger partial charge is 0.270 e. The van der Waals surface area contributed by atoms with E-state index in [1.54, 1.807) is 0 Å². The van der Waals surface area contributed by atoms with Crippen LogP contribution >= 0.6 is 15.9 Å². The number of nitro groups is 1. The lowest BCUT2D eigenvalue weighted by atomic mass is 9.73. The maximum absolute atomic E-state index is 13.0. The Labute approximate surface area is 169 Å². The molecule has 2 amide bonds. The molecule has 146 valence electrons. The van der Waals surface area contributed by atoms with Crippen molar-refractivity contribution in [1.82, 2.24) is 10.9 Å². The highest BCUT2D eigenvalue weighted by Crippen LogP contribution is 2.35. The largest absolute Gasteiger partial charge is 0.381 e. The Morgan fingerprint density at radius 1 is 1.07 bits per heavy atom. The van der Waals surface area contributed by atoms with Gasteiger partial charge >= 0.3 is 0 Å². The third kappa shape index (κ3) is 4.20. The van der Waals surface area contributed by atoms with Gasteiger partial charge in [-0.15, -0.1) is 0 Å². The summed E-state index contributed by atoms with van der Waals surface area (Å²) in [6.07, 6.45) is 0.959. The van der Waals surface area contributed by atoms with Gasteiger partial charge in [-0.3, -0.25) is 30.6 Å². The average Bonchev–Trinajstić information content (AvgIpc) is 2.72. The Hall–Kier alpha value is -2.78. The fraction of sp³-hybridized carbons (Fsp3) is 0.263. The third-order valence-corrected chi connectivity index (χ3v) is 5.32. The van der Waals surface area contributed by atoms with Gasteiger partial charge in [-0.25, -0.2) is 0 Å². The van der Waals surface area contributed by atoms with Crippen LogP contribution in [-0.2, 0) is 14.9 Å². The Bertz CT molecular complexity index is 895. The number of amides is 2. The van der Waals surface area contributed by atoms with E-state index >= 15 is 0 Å². The minimum absolute atomic E-state index is 0.0826. The normalized spacial score (nSPS) is 15.5. The summed E-state index contributed by atoms with van der Waals surface area (Å²) < 4.78 is 6.31. The predicted molar refractivity (Wildman–Crippen MR) is 105 cm³/mol. The van der Waals surface area contributed by atoms with Crippen molar-refractivity contribution >= 4 is 33.4 Å². The first kappa shape index (κ1) is 20.0. The molecule has 2 aromatic rings. The summed E-state index contributed by atoms with van der Waals surface area (Å²) in [5.41, 5.74) is 4.73. The minimum Gasteiger partial charge on any atom is -0.381 e. The fourth-order valence-corrected chi connectivity index (χ4v) is 3.47. The van der Waals surface area contributed by atoms with Crippen LogP contribution in [0.1, 0.15) is 28.8 Å². The average molecular weight is 448 g/mol. The molecule has 1 fully saturated rings. The van der Waals surface area contributed by atoms with Crippen molar-refractivity contribution < 1.29 is 19.2 Å².